The van der Waals surface area contributed by atoms with Crippen molar-refractivity contribution in [2.75, 3.05) is 0 Å². The van der Waals surface area contributed by atoms with Gasteiger partial charge >= 0.3 is 103 Å². The molecule has 0 aliphatic rings. The molecule has 0 spiro atoms. The number of unbranched alkanes of at least 4 members (excludes halogenated alkanes) is 3. The quantitative estimate of drug-likeness (QED) is 0.535. The number of hydrogen-bond acceptors (Lipinski definition) is 1. The van der Waals surface area contributed by atoms with Gasteiger partial charge in [-0.2, -0.15) is 0 Å². The van der Waals surface area contributed by atoms with Crippen molar-refractivity contribution in [3.05, 3.63) is 17.0 Å². The van der Waals surface area contributed by atoms with E-state index in [1.54, 1.807) is 8.46 Å². The van der Waals surface area contributed by atoms with Crippen LogP contribution < -0.4 is 2.89 Å². The van der Waals surface area contributed by atoms with Gasteiger partial charge in [-0.15, -0.1) is 0 Å². The minimum absolute atomic E-state index is 1.33. The van der Waals surface area contributed by atoms with Crippen molar-refractivity contribution in [3.63, 3.8) is 0 Å². The average molecular weight is 331 g/mol. The summed E-state index contributed by atoms with van der Waals surface area (Å²) in [6, 6.07) is 2.37. The van der Waals surface area contributed by atoms with Crippen LogP contribution in [0.25, 0.3) is 0 Å². The van der Waals surface area contributed by atoms with Crippen molar-refractivity contribution in [3.8, 4) is 0 Å². The topological polar surface area (TPSA) is 0 Å². The predicted molar refractivity (Wildman–Crippen MR) is 75.1 cm³/mol. The summed E-state index contributed by atoms with van der Waals surface area (Å²) in [4.78, 5) is 7.57. The Bertz CT molecular complexity index is 283. The Kier molecular flexibility index (Phi) is 5.69. The van der Waals surface area contributed by atoms with Crippen molar-refractivity contribution in [2.45, 2.75) is 53.8 Å². The molecule has 86 valence electrons. The summed E-state index contributed by atoms with van der Waals surface area (Å²) in [7, 11) is 0. The van der Waals surface area contributed by atoms with Gasteiger partial charge in [-0.1, -0.05) is 0 Å². The first kappa shape index (κ1) is 13.6. The van der Waals surface area contributed by atoms with E-state index in [1.165, 1.54) is 32.1 Å². The second kappa shape index (κ2) is 6.29. The molecule has 0 unspecified atom stereocenters. The molecule has 0 amide bonds. The van der Waals surface area contributed by atoms with Crippen molar-refractivity contribution in [1.29, 1.82) is 0 Å². The molecular formula is C13H24SSn. The Morgan fingerprint density at radius 3 is 2.47 bits per heavy atom. The standard InChI is InChI=1S/C10H15S.3CH3.Sn/c1-2-3-4-5-6-10-7-8-11-9-10;;;;/h7-8H,2-6H2,1H3;3*1H3;. The molecule has 1 aromatic heterocycles. The van der Waals surface area contributed by atoms with Gasteiger partial charge in [0, 0.05) is 0 Å². The molecule has 2 heteroatoms. The fourth-order valence-electron chi connectivity index (χ4n) is 1.93. The van der Waals surface area contributed by atoms with Crippen LogP contribution in [-0.4, -0.2) is 18.4 Å². The Morgan fingerprint density at radius 2 is 1.87 bits per heavy atom. The molecule has 0 saturated heterocycles. The first-order valence-electron chi connectivity index (χ1n) is 6.12. The second-order valence-corrected chi connectivity index (χ2v) is 21.6. The van der Waals surface area contributed by atoms with Crippen molar-refractivity contribution in [2.24, 2.45) is 0 Å². The van der Waals surface area contributed by atoms with E-state index in [2.05, 4.69) is 33.2 Å². The summed E-state index contributed by atoms with van der Waals surface area (Å²) in [5.41, 5.74) is 1.68. The predicted octanol–water partition coefficient (Wildman–Crippen LogP) is 4.42. The summed E-state index contributed by atoms with van der Waals surface area (Å²) >= 11 is 0.220. The molecule has 1 rings (SSSR count). The molecule has 1 heterocycles. The van der Waals surface area contributed by atoms with Gasteiger partial charge in [0.1, 0.15) is 0 Å². The third kappa shape index (κ3) is 4.47. The molecule has 0 saturated carbocycles. The summed E-state index contributed by atoms with van der Waals surface area (Å²) in [6.45, 7) is 2.28. The van der Waals surface area contributed by atoms with E-state index in [9.17, 15) is 0 Å². The van der Waals surface area contributed by atoms with Crippen LogP contribution in [0.1, 0.15) is 38.2 Å². The average Bonchev–Trinajstić information content (AvgIpc) is 2.59. The summed E-state index contributed by atoms with van der Waals surface area (Å²) < 4.78 is 1.79. The molecular weight excluding hydrogens is 307 g/mol. The zero-order chi connectivity index (χ0) is 11.3. The normalized spacial score (nSPS) is 12.0. The van der Waals surface area contributed by atoms with Gasteiger partial charge < -0.3 is 0 Å². The van der Waals surface area contributed by atoms with Gasteiger partial charge in [0.05, 0.1) is 0 Å². The van der Waals surface area contributed by atoms with E-state index in [4.69, 9.17) is 0 Å². The SMILES string of the molecule is CCCCCCc1ccs[c]1[Sn]([CH3])([CH3])[CH3]. The van der Waals surface area contributed by atoms with Crippen LogP contribution in [0.4, 0.5) is 0 Å². The van der Waals surface area contributed by atoms with E-state index in [0.29, 0.717) is 0 Å². The second-order valence-electron chi connectivity index (χ2n) is 5.34. The molecule has 0 radical (unpaired) electrons. The van der Waals surface area contributed by atoms with Gasteiger partial charge in [-0.25, -0.2) is 0 Å². The molecule has 0 aromatic carbocycles. The molecule has 0 nitrogen and oxygen atoms in total. The fraction of sp³-hybridized carbons (Fsp3) is 0.692. The Hall–Kier alpha value is 0.499. The summed E-state index contributed by atoms with van der Waals surface area (Å²) in [6.07, 6.45) is 6.87. The zero-order valence-corrected chi connectivity index (χ0v) is 14.3. The van der Waals surface area contributed by atoms with Gasteiger partial charge in [-0.3, -0.25) is 0 Å². The molecule has 0 N–H and O–H groups in total. The molecule has 15 heavy (non-hydrogen) atoms. The Labute approximate surface area is 103 Å². The first-order valence-corrected chi connectivity index (χ1v) is 17.0. The number of rotatable bonds is 6. The van der Waals surface area contributed by atoms with E-state index >= 15 is 0 Å². The van der Waals surface area contributed by atoms with E-state index < -0.39 is 18.4 Å². The van der Waals surface area contributed by atoms with Crippen molar-refractivity contribution in [1.82, 2.24) is 0 Å². The van der Waals surface area contributed by atoms with Crippen LogP contribution in [0, 0.1) is 0 Å². The van der Waals surface area contributed by atoms with Crippen molar-refractivity contribution < 1.29 is 0 Å². The Balaban J connectivity index is 2.51. The molecule has 0 aliphatic heterocycles. The molecule has 0 atom stereocenters. The van der Waals surface area contributed by atoms with Crippen molar-refractivity contribution >= 4 is 32.6 Å². The van der Waals surface area contributed by atoms with E-state index in [1.807, 2.05) is 11.3 Å². The number of thiophene rings is 1. The van der Waals surface area contributed by atoms with Crippen LogP contribution in [0.15, 0.2) is 11.4 Å². The van der Waals surface area contributed by atoms with Gasteiger partial charge in [0.25, 0.3) is 0 Å². The number of aryl methyl sites for hydroxylation is 1. The van der Waals surface area contributed by atoms with E-state index in [0.717, 1.165) is 0 Å². The summed E-state index contributed by atoms with van der Waals surface area (Å²) in [5.74, 6) is 0. The maximum absolute atomic E-state index is 2.52. The maximum atomic E-state index is 2.52. The van der Waals surface area contributed by atoms with Crippen LogP contribution in [-0.2, 0) is 6.42 Å². The first-order chi connectivity index (χ1) is 7.05. The molecule has 1 aromatic rings. The van der Waals surface area contributed by atoms with Crippen LogP contribution in [0.2, 0.25) is 14.8 Å². The van der Waals surface area contributed by atoms with Crippen LogP contribution in [0.3, 0.4) is 0 Å². The monoisotopic (exact) mass is 332 g/mol. The molecule has 0 bridgehead atoms. The van der Waals surface area contributed by atoms with Gasteiger partial charge in [0.15, 0.2) is 0 Å². The zero-order valence-electron chi connectivity index (χ0n) is 10.6. The summed E-state index contributed by atoms with van der Waals surface area (Å²) in [5, 5.41) is 2.30. The number of hydrogen-bond donors (Lipinski definition) is 0. The molecule has 0 fully saturated rings. The molecule has 0 aliphatic carbocycles. The fourth-order valence-corrected chi connectivity index (χ4v) is 9.93. The third-order valence-electron chi connectivity index (χ3n) is 2.73. The van der Waals surface area contributed by atoms with Gasteiger partial charge in [0.2, 0.25) is 0 Å². The minimum atomic E-state index is -1.79. The van der Waals surface area contributed by atoms with Crippen LogP contribution in [0.5, 0.6) is 0 Å². The third-order valence-corrected chi connectivity index (χ3v) is 13.4. The Morgan fingerprint density at radius 1 is 1.13 bits per heavy atom. The van der Waals surface area contributed by atoms with Crippen LogP contribution >= 0.6 is 11.3 Å². The van der Waals surface area contributed by atoms with Gasteiger partial charge in [-0.05, 0) is 0 Å². The van der Waals surface area contributed by atoms with E-state index in [-0.39, 0.29) is 0 Å².